The molecule has 0 spiro atoms. The lowest BCUT2D eigenvalue weighted by Gasteiger charge is -2.07. The summed E-state index contributed by atoms with van der Waals surface area (Å²) in [5, 5.41) is 23.7. The quantitative estimate of drug-likeness (QED) is 0.688. The van der Waals surface area contributed by atoms with Crippen LogP contribution >= 0.6 is 0 Å². The molecule has 0 aliphatic rings. The van der Waals surface area contributed by atoms with Crippen LogP contribution in [0.1, 0.15) is 16.8 Å². The molecule has 0 aliphatic heterocycles. The number of aromatic nitrogens is 2. The molecule has 0 bridgehead atoms. The van der Waals surface area contributed by atoms with Crippen LogP contribution in [0.5, 0.6) is 11.5 Å². The van der Waals surface area contributed by atoms with E-state index in [4.69, 9.17) is 15.2 Å². The Hall–Kier alpha value is -4.23. The minimum Gasteiger partial charge on any atom is -0.497 e. The van der Waals surface area contributed by atoms with Gasteiger partial charge in [-0.05, 0) is 36.4 Å². The van der Waals surface area contributed by atoms with Crippen LogP contribution < -0.4 is 15.2 Å². The Morgan fingerprint density at radius 3 is 2.46 bits per heavy atom. The molecule has 1 aromatic heterocycles. The van der Waals surface area contributed by atoms with E-state index in [0.717, 1.165) is 0 Å². The lowest BCUT2D eigenvalue weighted by molar-refractivity contribution is 0.402. The number of para-hydroxylation sites is 1. The molecule has 0 radical (unpaired) electrons. The van der Waals surface area contributed by atoms with Gasteiger partial charge in [-0.3, -0.25) is 0 Å². The third-order valence-electron chi connectivity index (χ3n) is 4.15. The van der Waals surface area contributed by atoms with Gasteiger partial charge in [0.2, 0.25) is 0 Å². The predicted molar refractivity (Wildman–Crippen MR) is 106 cm³/mol. The van der Waals surface area contributed by atoms with Gasteiger partial charge in [0, 0.05) is 5.56 Å². The van der Waals surface area contributed by atoms with Crippen molar-refractivity contribution in [2.45, 2.75) is 0 Å². The van der Waals surface area contributed by atoms with Gasteiger partial charge < -0.3 is 15.2 Å². The van der Waals surface area contributed by atoms with Crippen LogP contribution in [-0.2, 0) is 0 Å². The van der Waals surface area contributed by atoms with Crippen molar-refractivity contribution in [3.8, 4) is 29.3 Å². The molecule has 2 aromatic carbocycles. The number of nitrogens with two attached hydrogens (primary N) is 1. The Labute approximate surface area is 162 Å². The van der Waals surface area contributed by atoms with E-state index in [9.17, 15) is 10.5 Å². The fourth-order valence-electron chi connectivity index (χ4n) is 2.76. The Morgan fingerprint density at radius 1 is 1.11 bits per heavy atom. The second kappa shape index (κ2) is 7.98. The smallest absolute Gasteiger partial charge is 0.145 e. The van der Waals surface area contributed by atoms with E-state index in [1.807, 2.05) is 36.4 Å². The Morgan fingerprint density at radius 2 is 1.86 bits per heavy atom. The second-order valence-electron chi connectivity index (χ2n) is 5.75. The van der Waals surface area contributed by atoms with Gasteiger partial charge in [0.1, 0.15) is 40.7 Å². The Bertz CT molecular complexity index is 1120. The highest BCUT2D eigenvalue weighted by Gasteiger charge is 2.20. The van der Waals surface area contributed by atoms with Crippen LogP contribution in [0.4, 0.5) is 5.82 Å². The number of methoxy groups -OCH3 is 2. The monoisotopic (exact) mass is 371 g/mol. The summed E-state index contributed by atoms with van der Waals surface area (Å²) in [5.41, 5.74) is 7.97. The van der Waals surface area contributed by atoms with Crippen LogP contribution in [0.2, 0.25) is 0 Å². The summed E-state index contributed by atoms with van der Waals surface area (Å²) in [6, 6.07) is 18.6. The number of ether oxygens (including phenoxy) is 2. The van der Waals surface area contributed by atoms with Crippen LogP contribution in [0.15, 0.2) is 48.5 Å². The first-order valence-corrected chi connectivity index (χ1v) is 8.31. The van der Waals surface area contributed by atoms with E-state index in [0.29, 0.717) is 22.7 Å². The number of hydrogen-bond donors (Lipinski definition) is 1. The van der Waals surface area contributed by atoms with Crippen molar-refractivity contribution < 1.29 is 9.47 Å². The molecule has 28 heavy (non-hydrogen) atoms. The molecule has 3 aromatic rings. The SMILES string of the molecule is COc1ccc(OC)c(/C=C(\C#N)c2nn(-c3ccccc3)c(N)c2C#N)c1. The van der Waals surface area contributed by atoms with Gasteiger partial charge in [-0.25, -0.2) is 4.68 Å². The summed E-state index contributed by atoms with van der Waals surface area (Å²) in [6.07, 6.45) is 1.60. The molecule has 0 saturated heterocycles. The zero-order valence-electron chi connectivity index (χ0n) is 15.4. The van der Waals surface area contributed by atoms with Crippen molar-refractivity contribution in [3.05, 3.63) is 65.4 Å². The molecule has 138 valence electrons. The molecule has 3 rings (SSSR count). The fourth-order valence-corrected chi connectivity index (χ4v) is 2.76. The molecule has 0 fully saturated rings. The van der Waals surface area contributed by atoms with Crippen molar-refractivity contribution in [2.75, 3.05) is 20.0 Å². The highest BCUT2D eigenvalue weighted by atomic mass is 16.5. The summed E-state index contributed by atoms with van der Waals surface area (Å²) in [7, 11) is 3.09. The van der Waals surface area contributed by atoms with Gasteiger partial charge in [-0.1, -0.05) is 18.2 Å². The standard InChI is InChI=1S/C21H17N5O2/c1-27-17-8-9-19(28-2)14(11-17)10-15(12-22)20-18(13-23)21(24)26(25-20)16-6-4-3-5-7-16/h3-11H,24H2,1-2H3/b15-10+. The fraction of sp³-hybridized carbons (Fsp3) is 0.0952. The number of allylic oxidation sites excluding steroid dienone is 1. The summed E-state index contributed by atoms with van der Waals surface area (Å²) >= 11 is 0. The van der Waals surface area contributed by atoms with Crippen LogP contribution in [0.3, 0.4) is 0 Å². The molecule has 0 atom stereocenters. The molecule has 1 heterocycles. The molecule has 0 unspecified atom stereocenters. The van der Waals surface area contributed by atoms with Crippen molar-refractivity contribution in [3.63, 3.8) is 0 Å². The molecular weight excluding hydrogens is 354 g/mol. The van der Waals surface area contributed by atoms with E-state index in [1.54, 1.807) is 31.4 Å². The third-order valence-corrected chi connectivity index (χ3v) is 4.15. The lowest BCUT2D eigenvalue weighted by Crippen LogP contribution is -2.02. The van der Waals surface area contributed by atoms with E-state index >= 15 is 0 Å². The zero-order chi connectivity index (χ0) is 20.1. The van der Waals surface area contributed by atoms with Crippen molar-refractivity contribution in [1.29, 1.82) is 10.5 Å². The maximum atomic E-state index is 9.73. The number of nitriles is 2. The number of nitrogen functional groups attached to an aromatic ring is 1. The minimum atomic E-state index is 0.138. The van der Waals surface area contributed by atoms with Gasteiger partial charge in [-0.15, -0.1) is 0 Å². The second-order valence-corrected chi connectivity index (χ2v) is 5.75. The summed E-state index contributed by atoms with van der Waals surface area (Å²) in [4.78, 5) is 0. The Kier molecular flexibility index (Phi) is 5.29. The molecule has 0 aliphatic carbocycles. The first-order valence-electron chi connectivity index (χ1n) is 8.31. The van der Waals surface area contributed by atoms with Crippen LogP contribution in [-0.4, -0.2) is 24.0 Å². The molecular formula is C21H17N5O2. The lowest BCUT2D eigenvalue weighted by atomic mass is 10.1. The number of hydrogen-bond acceptors (Lipinski definition) is 6. The first kappa shape index (κ1) is 18.6. The minimum absolute atomic E-state index is 0.138. The number of benzene rings is 2. The zero-order valence-corrected chi connectivity index (χ0v) is 15.4. The highest BCUT2D eigenvalue weighted by Crippen LogP contribution is 2.31. The van der Waals surface area contributed by atoms with Gasteiger partial charge in [0.05, 0.1) is 25.5 Å². The van der Waals surface area contributed by atoms with Gasteiger partial charge in [0.25, 0.3) is 0 Å². The maximum absolute atomic E-state index is 9.73. The third kappa shape index (κ3) is 3.37. The molecule has 7 heteroatoms. The average Bonchev–Trinajstić information content (AvgIpc) is 3.08. The van der Waals surface area contributed by atoms with Crippen LogP contribution in [0, 0.1) is 22.7 Å². The predicted octanol–water partition coefficient (Wildman–Crippen LogP) is 3.41. The molecule has 7 nitrogen and oxygen atoms in total. The van der Waals surface area contributed by atoms with E-state index in [1.165, 1.54) is 11.8 Å². The number of nitrogens with zero attached hydrogens (tertiary/aromatic N) is 4. The molecule has 2 N–H and O–H groups in total. The largest absolute Gasteiger partial charge is 0.497 e. The van der Waals surface area contributed by atoms with Crippen molar-refractivity contribution >= 4 is 17.5 Å². The van der Waals surface area contributed by atoms with E-state index in [-0.39, 0.29) is 22.6 Å². The van der Waals surface area contributed by atoms with Crippen LogP contribution in [0.25, 0.3) is 17.3 Å². The van der Waals surface area contributed by atoms with E-state index in [2.05, 4.69) is 11.2 Å². The maximum Gasteiger partial charge on any atom is 0.145 e. The summed E-state index contributed by atoms with van der Waals surface area (Å²) < 4.78 is 12.0. The normalized spacial score (nSPS) is 10.8. The topological polar surface area (TPSA) is 110 Å². The van der Waals surface area contributed by atoms with Crippen molar-refractivity contribution in [1.82, 2.24) is 9.78 Å². The first-order chi connectivity index (χ1) is 13.6. The Balaban J connectivity index is 2.18. The summed E-state index contributed by atoms with van der Waals surface area (Å²) in [6.45, 7) is 0. The van der Waals surface area contributed by atoms with Gasteiger partial charge in [0.15, 0.2) is 0 Å². The highest BCUT2D eigenvalue weighted by molar-refractivity contribution is 5.92. The van der Waals surface area contributed by atoms with Gasteiger partial charge >= 0.3 is 0 Å². The number of anilines is 1. The van der Waals surface area contributed by atoms with E-state index < -0.39 is 0 Å². The average molecular weight is 371 g/mol. The van der Waals surface area contributed by atoms with Gasteiger partial charge in [-0.2, -0.15) is 15.6 Å². The summed E-state index contributed by atoms with van der Waals surface area (Å²) in [5.74, 6) is 1.34. The molecule has 0 amide bonds. The number of rotatable bonds is 5. The van der Waals surface area contributed by atoms with Crippen molar-refractivity contribution in [2.24, 2.45) is 0 Å². The molecule has 0 saturated carbocycles.